The number of ketones is 1. The van der Waals surface area contributed by atoms with Crippen molar-refractivity contribution in [3.05, 3.63) is 50.1 Å². The van der Waals surface area contributed by atoms with Crippen molar-refractivity contribution in [2.45, 2.75) is 13.8 Å². The zero-order chi connectivity index (χ0) is 13.1. The number of hydrogen-bond donors (Lipinski definition) is 0. The molecule has 0 aliphatic carbocycles. The van der Waals surface area contributed by atoms with E-state index in [4.69, 9.17) is 4.74 Å². The molecule has 2 aromatic rings. The Bertz CT molecular complexity index is 555. The normalized spacial score (nSPS) is 10.4. The average molecular weight is 325 g/mol. The van der Waals surface area contributed by atoms with E-state index in [1.807, 2.05) is 37.4 Å². The summed E-state index contributed by atoms with van der Waals surface area (Å²) in [6.07, 6.45) is 0. The van der Waals surface area contributed by atoms with Gasteiger partial charge in [-0.2, -0.15) is 0 Å². The van der Waals surface area contributed by atoms with Crippen molar-refractivity contribution in [3.8, 4) is 5.75 Å². The zero-order valence-electron chi connectivity index (χ0n) is 10.2. The topological polar surface area (TPSA) is 26.3 Å². The first-order chi connectivity index (χ1) is 8.56. The molecule has 4 heteroatoms. The van der Waals surface area contributed by atoms with Crippen molar-refractivity contribution in [3.63, 3.8) is 0 Å². The molecule has 0 aliphatic rings. The van der Waals surface area contributed by atoms with Gasteiger partial charge in [-0.1, -0.05) is 6.07 Å². The van der Waals surface area contributed by atoms with Crippen LogP contribution >= 0.6 is 27.3 Å². The average Bonchev–Trinajstić information content (AvgIpc) is 2.71. The molecule has 0 radical (unpaired) electrons. The molecule has 0 saturated heterocycles. The molecule has 0 spiro atoms. The number of benzene rings is 1. The molecule has 0 fully saturated rings. The van der Waals surface area contributed by atoms with Gasteiger partial charge in [-0.25, -0.2) is 0 Å². The second-order valence-electron chi connectivity index (χ2n) is 4.13. The molecule has 2 rings (SSSR count). The van der Waals surface area contributed by atoms with Crippen LogP contribution in [0.2, 0.25) is 0 Å². The van der Waals surface area contributed by atoms with Crippen LogP contribution in [0.15, 0.2) is 34.1 Å². The molecule has 18 heavy (non-hydrogen) atoms. The van der Waals surface area contributed by atoms with Gasteiger partial charge >= 0.3 is 0 Å². The lowest BCUT2D eigenvalue weighted by atomic mass is 10.1. The number of hydrogen-bond acceptors (Lipinski definition) is 3. The molecule has 0 aliphatic heterocycles. The lowest BCUT2D eigenvalue weighted by molar-refractivity contribution is 0.0925. The smallest absolute Gasteiger partial charge is 0.211 e. The predicted molar refractivity (Wildman–Crippen MR) is 77.8 cm³/mol. The maximum atomic E-state index is 11.9. The van der Waals surface area contributed by atoms with E-state index >= 15 is 0 Å². The van der Waals surface area contributed by atoms with E-state index in [-0.39, 0.29) is 12.4 Å². The second-order valence-corrected chi connectivity index (χ2v) is 5.90. The fourth-order valence-electron chi connectivity index (χ4n) is 1.72. The van der Waals surface area contributed by atoms with Crippen LogP contribution in [0.3, 0.4) is 0 Å². The summed E-state index contributed by atoms with van der Waals surface area (Å²) in [5.74, 6) is 0.740. The Balaban J connectivity index is 2.04. The number of halogens is 1. The highest BCUT2D eigenvalue weighted by Crippen LogP contribution is 2.23. The van der Waals surface area contributed by atoms with Crippen molar-refractivity contribution >= 4 is 33.0 Å². The molecule has 0 bridgehead atoms. The number of rotatable bonds is 4. The molecule has 1 heterocycles. The lowest BCUT2D eigenvalue weighted by Crippen LogP contribution is -2.10. The van der Waals surface area contributed by atoms with E-state index in [0.717, 1.165) is 21.3 Å². The Morgan fingerprint density at radius 1 is 1.28 bits per heavy atom. The summed E-state index contributed by atoms with van der Waals surface area (Å²) in [5, 5.41) is 1.88. The van der Waals surface area contributed by atoms with Crippen molar-refractivity contribution in [1.29, 1.82) is 0 Å². The molecule has 94 valence electrons. The molecule has 0 amide bonds. The van der Waals surface area contributed by atoms with Crippen LogP contribution in [-0.2, 0) is 0 Å². The number of ether oxygens (including phenoxy) is 1. The summed E-state index contributed by atoms with van der Waals surface area (Å²) in [5.41, 5.74) is 2.27. The maximum absolute atomic E-state index is 11.9. The molecular formula is C14H13BrO2S. The molecule has 0 atom stereocenters. The third-order valence-corrected chi connectivity index (χ3v) is 4.31. The number of carbonyl (C=O) groups is 1. The Kier molecular flexibility index (Phi) is 4.19. The predicted octanol–water partition coefficient (Wildman–Crippen LogP) is 4.39. The van der Waals surface area contributed by atoms with Crippen molar-refractivity contribution in [2.75, 3.05) is 6.61 Å². The standard InChI is InChI=1S/C14H13BrO2S/c1-9-5-10(2)7-11(6-9)17-8-13(16)14-12(15)3-4-18-14/h3-7H,8H2,1-2H3. The third kappa shape index (κ3) is 3.21. The van der Waals surface area contributed by atoms with Crippen LogP contribution in [-0.4, -0.2) is 12.4 Å². The number of aryl methyl sites for hydroxylation is 2. The first-order valence-electron chi connectivity index (χ1n) is 5.53. The van der Waals surface area contributed by atoms with Gasteiger partial charge in [-0.15, -0.1) is 11.3 Å². The summed E-state index contributed by atoms with van der Waals surface area (Å²) in [4.78, 5) is 12.6. The summed E-state index contributed by atoms with van der Waals surface area (Å²) < 4.78 is 6.38. The first kappa shape index (κ1) is 13.3. The minimum absolute atomic E-state index is 0.00367. The fraction of sp³-hybridized carbons (Fsp3) is 0.214. The van der Waals surface area contributed by atoms with Gasteiger partial charge in [-0.05, 0) is 64.5 Å². The SMILES string of the molecule is Cc1cc(C)cc(OCC(=O)c2sccc2Br)c1. The van der Waals surface area contributed by atoms with Gasteiger partial charge < -0.3 is 4.74 Å². The molecule has 0 saturated carbocycles. The Labute approximate surface area is 119 Å². The monoisotopic (exact) mass is 324 g/mol. The number of thiophene rings is 1. The molecular weight excluding hydrogens is 312 g/mol. The quantitative estimate of drug-likeness (QED) is 0.780. The van der Waals surface area contributed by atoms with E-state index in [9.17, 15) is 4.79 Å². The second kappa shape index (κ2) is 5.67. The van der Waals surface area contributed by atoms with Crippen molar-refractivity contribution < 1.29 is 9.53 Å². The fourth-order valence-corrected chi connectivity index (χ4v) is 3.24. The Morgan fingerprint density at radius 3 is 2.50 bits per heavy atom. The van der Waals surface area contributed by atoms with Crippen molar-refractivity contribution in [2.24, 2.45) is 0 Å². The molecule has 2 nitrogen and oxygen atoms in total. The Morgan fingerprint density at radius 2 is 1.94 bits per heavy atom. The zero-order valence-corrected chi connectivity index (χ0v) is 12.6. The van der Waals surface area contributed by atoms with Crippen LogP contribution in [0.5, 0.6) is 5.75 Å². The summed E-state index contributed by atoms with van der Waals surface area (Å²) in [7, 11) is 0. The van der Waals surface area contributed by atoms with Gasteiger partial charge in [0.2, 0.25) is 5.78 Å². The van der Waals surface area contributed by atoms with E-state index in [1.165, 1.54) is 11.3 Å². The third-order valence-electron chi connectivity index (χ3n) is 2.44. The number of Topliss-reactive ketones (excluding diaryl/α,β-unsaturated/α-hetero) is 1. The van der Waals surface area contributed by atoms with Gasteiger partial charge in [0, 0.05) is 4.47 Å². The summed E-state index contributed by atoms with van der Waals surface area (Å²) in [6.45, 7) is 4.09. The lowest BCUT2D eigenvalue weighted by Gasteiger charge is -2.07. The minimum atomic E-state index is -0.00367. The highest BCUT2D eigenvalue weighted by molar-refractivity contribution is 9.10. The maximum Gasteiger partial charge on any atom is 0.211 e. The molecule has 0 N–H and O–H groups in total. The first-order valence-corrected chi connectivity index (χ1v) is 7.21. The van der Waals surface area contributed by atoms with Gasteiger partial charge in [0.25, 0.3) is 0 Å². The van der Waals surface area contributed by atoms with E-state index in [1.54, 1.807) is 0 Å². The molecule has 1 aromatic heterocycles. The van der Waals surface area contributed by atoms with E-state index in [0.29, 0.717) is 4.88 Å². The van der Waals surface area contributed by atoms with Crippen LogP contribution in [0.25, 0.3) is 0 Å². The summed E-state index contributed by atoms with van der Waals surface area (Å²) >= 11 is 4.77. The van der Waals surface area contributed by atoms with Gasteiger partial charge in [0.15, 0.2) is 6.61 Å². The highest BCUT2D eigenvalue weighted by atomic mass is 79.9. The minimum Gasteiger partial charge on any atom is -0.485 e. The van der Waals surface area contributed by atoms with E-state index < -0.39 is 0 Å². The molecule has 0 unspecified atom stereocenters. The number of carbonyl (C=O) groups excluding carboxylic acids is 1. The van der Waals surface area contributed by atoms with Crippen LogP contribution < -0.4 is 4.74 Å². The highest BCUT2D eigenvalue weighted by Gasteiger charge is 2.12. The summed E-state index contributed by atoms with van der Waals surface area (Å²) in [6, 6.07) is 7.81. The molecule has 1 aromatic carbocycles. The largest absolute Gasteiger partial charge is 0.485 e. The van der Waals surface area contributed by atoms with Crippen LogP contribution in [0, 0.1) is 13.8 Å². The van der Waals surface area contributed by atoms with Gasteiger partial charge in [-0.3, -0.25) is 4.79 Å². The Hall–Kier alpha value is -1.13. The van der Waals surface area contributed by atoms with E-state index in [2.05, 4.69) is 22.0 Å². The van der Waals surface area contributed by atoms with Crippen molar-refractivity contribution in [1.82, 2.24) is 0 Å². The van der Waals surface area contributed by atoms with Gasteiger partial charge in [0.05, 0.1) is 4.88 Å². The van der Waals surface area contributed by atoms with Crippen LogP contribution in [0.1, 0.15) is 20.8 Å². The van der Waals surface area contributed by atoms with Crippen LogP contribution in [0.4, 0.5) is 0 Å². The van der Waals surface area contributed by atoms with Gasteiger partial charge in [0.1, 0.15) is 5.75 Å².